The van der Waals surface area contributed by atoms with Gasteiger partial charge in [-0.25, -0.2) is 0 Å². The number of hydrogen-bond donors (Lipinski definition) is 1. The van der Waals surface area contributed by atoms with E-state index in [1.54, 1.807) is 0 Å². The van der Waals surface area contributed by atoms with Crippen molar-refractivity contribution < 1.29 is 4.84 Å². The van der Waals surface area contributed by atoms with Crippen molar-refractivity contribution >= 4 is 5.71 Å². The Morgan fingerprint density at radius 3 is 1.89 bits per heavy atom. The maximum absolute atomic E-state index is 5.44. The molecule has 98 valence electrons. The molecular formula is C16H18N2O. The topological polar surface area (TPSA) is 47.6 Å². The van der Waals surface area contributed by atoms with Gasteiger partial charge in [0.25, 0.3) is 0 Å². The molecule has 3 heteroatoms. The van der Waals surface area contributed by atoms with E-state index < -0.39 is 0 Å². The summed E-state index contributed by atoms with van der Waals surface area (Å²) in [5.41, 5.74) is 8.37. The number of nitrogens with two attached hydrogens (primary N) is 1. The van der Waals surface area contributed by atoms with Crippen molar-refractivity contribution in [1.29, 1.82) is 0 Å². The van der Waals surface area contributed by atoms with Gasteiger partial charge in [-0.3, -0.25) is 0 Å². The SMILES string of the molecule is NCCCON=C(c1ccccc1)c1ccccc1. The fraction of sp³-hybridized carbons (Fsp3) is 0.188. The molecule has 2 N–H and O–H groups in total. The molecule has 2 aromatic rings. The van der Waals surface area contributed by atoms with Crippen LogP contribution in [-0.2, 0) is 4.84 Å². The molecule has 0 radical (unpaired) electrons. The predicted molar refractivity (Wildman–Crippen MR) is 78.1 cm³/mol. The van der Waals surface area contributed by atoms with Crippen molar-refractivity contribution in [3.05, 3.63) is 71.8 Å². The molecule has 0 saturated heterocycles. The van der Waals surface area contributed by atoms with Gasteiger partial charge in [-0.2, -0.15) is 0 Å². The van der Waals surface area contributed by atoms with Crippen molar-refractivity contribution in [2.45, 2.75) is 6.42 Å². The van der Waals surface area contributed by atoms with Crippen LogP contribution < -0.4 is 5.73 Å². The minimum absolute atomic E-state index is 0.541. The minimum Gasteiger partial charge on any atom is -0.395 e. The van der Waals surface area contributed by atoms with Crippen LogP contribution in [0.3, 0.4) is 0 Å². The third-order valence-electron chi connectivity index (χ3n) is 2.69. The molecule has 3 nitrogen and oxygen atoms in total. The summed E-state index contributed by atoms with van der Waals surface area (Å²) in [6, 6.07) is 20.1. The van der Waals surface area contributed by atoms with E-state index in [9.17, 15) is 0 Å². The average molecular weight is 254 g/mol. The number of hydrogen-bond acceptors (Lipinski definition) is 3. The molecule has 0 bridgehead atoms. The molecule has 0 saturated carbocycles. The molecule has 0 aliphatic carbocycles. The molecule has 2 rings (SSSR count). The summed E-state index contributed by atoms with van der Waals surface area (Å²) >= 11 is 0. The largest absolute Gasteiger partial charge is 0.395 e. The molecule has 0 atom stereocenters. The highest BCUT2D eigenvalue weighted by Crippen LogP contribution is 2.11. The highest BCUT2D eigenvalue weighted by molar-refractivity contribution is 6.12. The van der Waals surface area contributed by atoms with Crippen molar-refractivity contribution in [3.8, 4) is 0 Å². The second-order valence-electron chi connectivity index (χ2n) is 4.15. The van der Waals surface area contributed by atoms with Gasteiger partial charge in [-0.15, -0.1) is 0 Å². The number of nitrogens with zero attached hydrogens (tertiary/aromatic N) is 1. The van der Waals surface area contributed by atoms with Gasteiger partial charge >= 0.3 is 0 Å². The predicted octanol–water partition coefficient (Wildman–Crippen LogP) is 2.80. The molecule has 0 unspecified atom stereocenters. The second kappa shape index (κ2) is 7.34. The lowest BCUT2D eigenvalue weighted by Crippen LogP contribution is -2.06. The van der Waals surface area contributed by atoms with Gasteiger partial charge < -0.3 is 10.6 Å². The zero-order chi connectivity index (χ0) is 13.3. The van der Waals surface area contributed by atoms with Gasteiger partial charge in [0.2, 0.25) is 0 Å². The molecular weight excluding hydrogens is 236 g/mol. The summed E-state index contributed by atoms with van der Waals surface area (Å²) in [6.45, 7) is 1.15. The van der Waals surface area contributed by atoms with E-state index >= 15 is 0 Å². The van der Waals surface area contributed by atoms with E-state index in [0.717, 1.165) is 23.3 Å². The van der Waals surface area contributed by atoms with Crippen LogP contribution in [0, 0.1) is 0 Å². The highest BCUT2D eigenvalue weighted by Gasteiger charge is 2.06. The fourth-order valence-electron chi connectivity index (χ4n) is 1.72. The molecule has 2 aromatic carbocycles. The van der Waals surface area contributed by atoms with Crippen LogP contribution in [0.5, 0.6) is 0 Å². The molecule has 0 heterocycles. The van der Waals surface area contributed by atoms with E-state index in [2.05, 4.69) is 5.16 Å². The Labute approximate surface area is 113 Å². The Morgan fingerprint density at radius 2 is 1.42 bits per heavy atom. The Kier molecular flexibility index (Phi) is 5.14. The molecule has 0 aliphatic rings. The standard InChI is InChI=1S/C16H18N2O/c17-12-7-13-19-18-16(14-8-3-1-4-9-14)15-10-5-2-6-11-15/h1-6,8-11H,7,12-13,17H2. The molecule has 19 heavy (non-hydrogen) atoms. The van der Waals surface area contributed by atoms with E-state index in [0.29, 0.717) is 13.2 Å². The average Bonchev–Trinajstić information content (AvgIpc) is 2.49. The van der Waals surface area contributed by atoms with E-state index in [1.165, 1.54) is 0 Å². The lowest BCUT2D eigenvalue weighted by atomic mass is 10.0. The summed E-state index contributed by atoms with van der Waals surface area (Å²) in [5.74, 6) is 0. The van der Waals surface area contributed by atoms with Crippen LogP contribution in [0.4, 0.5) is 0 Å². The second-order valence-corrected chi connectivity index (χ2v) is 4.15. The maximum atomic E-state index is 5.44. The number of rotatable bonds is 6. The fourth-order valence-corrected chi connectivity index (χ4v) is 1.72. The van der Waals surface area contributed by atoms with Crippen LogP contribution >= 0.6 is 0 Å². The Hall–Kier alpha value is -2.13. The van der Waals surface area contributed by atoms with Crippen molar-refractivity contribution in [1.82, 2.24) is 0 Å². The highest BCUT2D eigenvalue weighted by atomic mass is 16.6. The minimum atomic E-state index is 0.541. The summed E-state index contributed by atoms with van der Waals surface area (Å²) in [4.78, 5) is 5.35. The Balaban J connectivity index is 2.24. The van der Waals surface area contributed by atoms with Crippen molar-refractivity contribution in [3.63, 3.8) is 0 Å². The van der Waals surface area contributed by atoms with Crippen LogP contribution in [0.2, 0.25) is 0 Å². The smallest absolute Gasteiger partial charge is 0.118 e. The molecule has 0 spiro atoms. The van der Waals surface area contributed by atoms with Crippen molar-refractivity contribution in [2.75, 3.05) is 13.2 Å². The molecule has 0 aromatic heterocycles. The lowest BCUT2D eigenvalue weighted by molar-refractivity contribution is 0.143. The van der Waals surface area contributed by atoms with Gasteiger partial charge in [0, 0.05) is 11.1 Å². The van der Waals surface area contributed by atoms with Crippen LogP contribution in [0.1, 0.15) is 17.5 Å². The number of benzene rings is 2. The lowest BCUT2D eigenvalue weighted by Gasteiger charge is -2.07. The van der Waals surface area contributed by atoms with E-state index in [-0.39, 0.29) is 0 Å². The number of oxime groups is 1. The third-order valence-corrected chi connectivity index (χ3v) is 2.69. The van der Waals surface area contributed by atoms with Gasteiger partial charge in [0.15, 0.2) is 0 Å². The first-order chi connectivity index (χ1) is 9.42. The third kappa shape index (κ3) is 3.93. The Bertz CT molecular complexity index is 467. The zero-order valence-electron chi connectivity index (χ0n) is 10.8. The summed E-state index contributed by atoms with van der Waals surface area (Å²) in [5, 5.41) is 4.26. The summed E-state index contributed by atoms with van der Waals surface area (Å²) in [6.07, 6.45) is 0.806. The van der Waals surface area contributed by atoms with Gasteiger partial charge in [0.05, 0.1) is 0 Å². The quantitative estimate of drug-likeness (QED) is 0.489. The zero-order valence-corrected chi connectivity index (χ0v) is 10.8. The van der Waals surface area contributed by atoms with Gasteiger partial charge in [0.1, 0.15) is 12.3 Å². The van der Waals surface area contributed by atoms with E-state index in [1.807, 2.05) is 60.7 Å². The molecule has 0 fully saturated rings. The summed E-state index contributed by atoms with van der Waals surface area (Å²) < 4.78 is 0. The van der Waals surface area contributed by atoms with Gasteiger partial charge in [-0.05, 0) is 13.0 Å². The van der Waals surface area contributed by atoms with E-state index in [4.69, 9.17) is 10.6 Å². The first kappa shape index (κ1) is 13.3. The molecule has 0 aliphatic heterocycles. The summed E-state index contributed by atoms with van der Waals surface area (Å²) in [7, 11) is 0. The first-order valence-electron chi connectivity index (χ1n) is 6.42. The Morgan fingerprint density at radius 1 is 0.895 bits per heavy atom. The normalized spacial score (nSPS) is 9.95. The van der Waals surface area contributed by atoms with Crippen LogP contribution in [-0.4, -0.2) is 18.9 Å². The van der Waals surface area contributed by atoms with Crippen LogP contribution in [0.15, 0.2) is 65.8 Å². The van der Waals surface area contributed by atoms with Gasteiger partial charge in [-0.1, -0.05) is 65.8 Å². The monoisotopic (exact) mass is 254 g/mol. The first-order valence-corrected chi connectivity index (χ1v) is 6.42. The molecule has 0 amide bonds. The van der Waals surface area contributed by atoms with Crippen LogP contribution in [0.25, 0.3) is 0 Å². The maximum Gasteiger partial charge on any atom is 0.118 e. The van der Waals surface area contributed by atoms with Crippen molar-refractivity contribution in [2.24, 2.45) is 10.9 Å².